The molecule has 17 heteroatoms. The van der Waals surface area contributed by atoms with Gasteiger partial charge in [0.2, 0.25) is 0 Å². The SMILES string of the molecule is C[C@@H](C[C@@H](F)Cn1ccc2cc(-c3ncc(C(F)F)c(N)n3)c(F)c(F)c2c1=O)Oc1cn[nH]c(=O)c1C(F)(F)F. The Morgan fingerprint density at radius 3 is 2.46 bits per heavy atom. The molecule has 0 fully saturated rings. The van der Waals surface area contributed by atoms with Crippen LogP contribution in [0.1, 0.15) is 30.9 Å². The number of rotatable bonds is 8. The molecule has 3 heterocycles. The van der Waals surface area contributed by atoms with Crippen LogP contribution in [0, 0.1) is 11.6 Å². The van der Waals surface area contributed by atoms with Gasteiger partial charge in [0, 0.05) is 18.8 Å². The number of benzene rings is 1. The number of nitrogens with one attached hydrogen (secondary N) is 1. The molecule has 4 rings (SSSR count). The highest BCUT2D eigenvalue weighted by Crippen LogP contribution is 2.34. The van der Waals surface area contributed by atoms with Crippen molar-refractivity contribution in [3.63, 3.8) is 0 Å². The monoisotopic (exact) mass is 590 g/mol. The summed E-state index contributed by atoms with van der Waals surface area (Å²) in [6.07, 6.45) is -9.45. The van der Waals surface area contributed by atoms with Crippen molar-refractivity contribution in [2.75, 3.05) is 5.73 Å². The van der Waals surface area contributed by atoms with Gasteiger partial charge < -0.3 is 15.0 Å². The molecular formula is C24H18F8N6O3. The minimum absolute atomic E-state index is 0.145. The van der Waals surface area contributed by atoms with E-state index in [1.54, 1.807) is 5.10 Å². The Kier molecular flexibility index (Phi) is 7.98. The maximum absolute atomic E-state index is 15.0. The average molecular weight is 590 g/mol. The van der Waals surface area contributed by atoms with Gasteiger partial charge in [-0.15, -0.1) is 0 Å². The summed E-state index contributed by atoms with van der Waals surface area (Å²) in [5.74, 6) is -5.31. The molecule has 9 nitrogen and oxygen atoms in total. The number of H-pyrrole nitrogens is 1. The van der Waals surface area contributed by atoms with Crippen molar-refractivity contribution in [3.8, 4) is 17.1 Å². The van der Waals surface area contributed by atoms with Crippen LogP contribution in [0.15, 0.2) is 40.3 Å². The van der Waals surface area contributed by atoms with Crippen molar-refractivity contribution in [1.82, 2.24) is 24.7 Å². The van der Waals surface area contributed by atoms with Gasteiger partial charge >= 0.3 is 6.18 Å². The van der Waals surface area contributed by atoms with E-state index >= 15 is 4.39 Å². The highest BCUT2D eigenvalue weighted by Gasteiger charge is 2.38. The van der Waals surface area contributed by atoms with Crippen LogP contribution in [0.5, 0.6) is 5.75 Å². The molecule has 0 amide bonds. The van der Waals surface area contributed by atoms with E-state index in [0.29, 0.717) is 12.4 Å². The van der Waals surface area contributed by atoms with E-state index in [1.807, 2.05) is 0 Å². The van der Waals surface area contributed by atoms with Gasteiger partial charge in [-0.2, -0.15) is 18.3 Å². The van der Waals surface area contributed by atoms with Crippen LogP contribution in [0.4, 0.5) is 40.9 Å². The first-order chi connectivity index (χ1) is 19.2. The number of halogens is 8. The van der Waals surface area contributed by atoms with Crippen LogP contribution in [0.25, 0.3) is 22.2 Å². The zero-order valence-corrected chi connectivity index (χ0v) is 20.6. The first-order valence-electron chi connectivity index (χ1n) is 11.6. The molecule has 218 valence electrons. The molecule has 41 heavy (non-hydrogen) atoms. The Morgan fingerprint density at radius 1 is 1.12 bits per heavy atom. The summed E-state index contributed by atoms with van der Waals surface area (Å²) in [5.41, 5.74) is -0.179. The summed E-state index contributed by atoms with van der Waals surface area (Å²) in [6.45, 7) is 0.510. The van der Waals surface area contributed by atoms with E-state index in [4.69, 9.17) is 10.5 Å². The van der Waals surface area contributed by atoms with Gasteiger partial charge in [0.05, 0.1) is 35.4 Å². The smallest absolute Gasteiger partial charge is 0.425 e. The number of aromatic nitrogens is 5. The first kappa shape index (κ1) is 29.4. The fourth-order valence-electron chi connectivity index (χ4n) is 4.04. The lowest BCUT2D eigenvalue weighted by Crippen LogP contribution is -2.29. The summed E-state index contributed by atoms with van der Waals surface area (Å²) in [7, 11) is 0. The second kappa shape index (κ2) is 11.1. The van der Waals surface area contributed by atoms with Crippen LogP contribution >= 0.6 is 0 Å². The predicted octanol–water partition coefficient (Wildman–Crippen LogP) is 4.55. The third kappa shape index (κ3) is 5.97. The van der Waals surface area contributed by atoms with Gasteiger partial charge in [0.25, 0.3) is 17.5 Å². The van der Waals surface area contributed by atoms with Gasteiger partial charge in [0.15, 0.2) is 28.8 Å². The van der Waals surface area contributed by atoms with Crippen molar-refractivity contribution in [2.45, 2.75) is 44.8 Å². The summed E-state index contributed by atoms with van der Waals surface area (Å²) < 4.78 is 116. The fraction of sp³-hybridized carbons (Fsp3) is 0.292. The number of pyridine rings is 1. The van der Waals surface area contributed by atoms with E-state index < -0.39 is 100 Å². The Bertz CT molecular complexity index is 1720. The molecule has 2 atom stereocenters. The Hall–Kier alpha value is -4.57. The summed E-state index contributed by atoms with van der Waals surface area (Å²) in [4.78, 5) is 31.6. The minimum Gasteiger partial charge on any atom is -0.488 e. The number of aromatic amines is 1. The molecule has 1 aromatic carbocycles. The number of ether oxygens (including phenoxy) is 1. The second-order valence-corrected chi connectivity index (χ2v) is 8.82. The molecule has 0 bridgehead atoms. The van der Waals surface area contributed by atoms with Gasteiger partial charge in [-0.05, 0) is 24.4 Å². The maximum Gasteiger partial charge on any atom is 0.425 e. The lowest BCUT2D eigenvalue weighted by atomic mass is 10.1. The third-order valence-corrected chi connectivity index (χ3v) is 5.89. The normalized spacial score (nSPS) is 13.5. The molecule has 0 spiro atoms. The molecule has 0 aliphatic heterocycles. The van der Waals surface area contributed by atoms with Crippen molar-refractivity contribution in [2.24, 2.45) is 0 Å². The first-order valence-corrected chi connectivity index (χ1v) is 11.6. The van der Waals surface area contributed by atoms with E-state index in [2.05, 4.69) is 15.1 Å². The van der Waals surface area contributed by atoms with Crippen molar-refractivity contribution in [3.05, 3.63) is 74.2 Å². The van der Waals surface area contributed by atoms with Crippen molar-refractivity contribution >= 4 is 16.6 Å². The lowest BCUT2D eigenvalue weighted by molar-refractivity contribution is -0.140. The number of fused-ring (bicyclic) bond motifs is 1. The van der Waals surface area contributed by atoms with Crippen LogP contribution < -0.4 is 21.6 Å². The maximum atomic E-state index is 15.0. The largest absolute Gasteiger partial charge is 0.488 e. The van der Waals surface area contributed by atoms with Crippen molar-refractivity contribution in [1.29, 1.82) is 0 Å². The molecule has 0 saturated heterocycles. The highest BCUT2D eigenvalue weighted by atomic mass is 19.4. The fourth-order valence-corrected chi connectivity index (χ4v) is 4.04. The van der Waals surface area contributed by atoms with Gasteiger partial charge in [-0.3, -0.25) is 9.59 Å². The molecular weight excluding hydrogens is 572 g/mol. The predicted molar refractivity (Wildman–Crippen MR) is 128 cm³/mol. The molecule has 0 aliphatic rings. The molecule has 4 aromatic rings. The Morgan fingerprint density at radius 2 is 1.83 bits per heavy atom. The summed E-state index contributed by atoms with van der Waals surface area (Å²) in [6, 6.07) is 2.15. The molecule has 0 aliphatic carbocycles. The van der Waals surface area contributed by atoms with E-state index in [-0.39, 0.29) is 5.39 Å². The lowest BCUT2D eigenvalue weighted by Gasteiger charge is -2.19. The minimum atomic E-state index is -5.08. The Balaban J connectivity index is 1.57. The van der Waals surface area contributed by atoms with Gasteiger partial charge in [-0.1, -0.05) is 0 Å². The van der Waals surface area contributed by atoms with Crippen LogP contribution in [0.3, 0.4) is 0 Å². The van der Waals surface area contributed by atoms with Gasteiger partial charge in [0.1, 0.15) is 12.0 Å². The zero-order chi connectivity index (χ0) is 30.2. The Labute approximate surface area is 223 Å². The quantitative estimate of drug-likeness (QED) is 0.288. The zero-order valence-electron chi connectivity index (χ0n) is 20.6. The molecule has 0 unspecified atom stereocenters. The van der Waals surface area contributed by atoms with Crippen LogP contribution in [0.2, 0.25) is 0 Å². The number of nitrogens with two attached hydrogens (primary N) is 1. The molecule has 0 radical (unpaired) electrons. The van der Waals surface area contributed by atoms with Gasteiger partial charge in [-0.25, -0.2) is 37.0 Å². The molecule has 3 N–H and O–H groups in total. The van der Waals surface area contributed by atoms with E-state index in [9.17, 15) is 40.3 Å². The average Bonchev–Trinajstić information content (AvgIpc) is 2.86. The van der Waals surface area contributed by atoms with Crippen molar-refractivity contribution < 1.29 is 39.9 Å². The van der Waals surface area contributed by atoms with Crippen LogP contribution in [-0.2, 0) is 12.7 Å². The topological polar surface area (TPSA) is 129 Å². The number of nitrogens with zero attached hydrogens (tertiary/aromatic N) is 4. The number of alkyl halides is 6. The second-order valence-electron chi connectivity index (χ2n) is 8.82. The van der Waals surface area contributed by atoms with E-state index in [1.165, 1.54) is 6.92 Å². The third-order valence-electron chi connectivity index (χ3n) is 5.89. The number of anilines is 1. The number of hydrogen-bond acceptors (Lipinski definition) is 7. The standard InChI is InChI=1S/C24H18F8N6O3/c1-9(41-14-7-35-37-22(39)16(14)24(30,31)32)4-11(25)8-38-3-2-10-5-12(17(26)18(27)15(10)23(38)40)21-34-6-13(19(28)29)20(33)36-21/h2-3,5-7,9,11,19H,4,8H2,1H3,(H,37,39)(H2,33,34,36)/t9-,11+/m0/s1. The van der Waals surface area contributed by atoms with E-state index in [0.717, 1.165) is 22.9 Å². The number of nitrogen functional groups attached to an aromatic ring is 1. The number of hydrogen-bond donors (Lipinski definition) is 2. The molecule has 3 aromatic heterocycles. The summed E-state index contributed by atoms with van der Waals surface area (Å²) >= 11 is 0. The van der Waals surface area contributed by atoms with Crippen LogP contribution in [-0.4, -0.2) is 37.0 Å². The summed E-state index contributed by atoms with van der Waals surface area (Å²) in [5, 5.41) is 3.97. The molecule has 0 saturated carbocycles. The highest BCUT2D eigenvalue weighted by molar-refractivity contribution is 5.86.